The van der Waals surface area contributed by atoms with Crippen LogP contribution in [0.2, 0.25) is 0 Å². The van der Waals surface area contributed by atoms with E-state index in [4.69, 9.17) is 5.11 Å². The molecule has 1 heterocycles. The largest absolute Gasteiger partial charge is 0.505 e. The summed E-state index contributed by atoms with van der Waals surface area (Å²) in [5, 5.41) is 18.0. The molecule has 0 amide bonds. The lowest BCUT2D eigenvalue weighted by Crippen LogP contribution is -2.05. The minimum Gasteiger partial charge on any atom is -0.505 e. The highest BCUT2D eigenvalue weighted by Crippen LogP contribution is 2.28. The number of halogens is 3. The van der Waals surface area contributed by atoms with Crippen LogP contribution in [0.1, 0.15) is 28.2 Å². The van der Waals surface area contributed by atoms with E-state index in [9.17, 15) is 18.7 Å². The Morgan fingerprint density at radius 1 is 1.60 bits per heavy atom. The van der Waals surface area contributed by atoms with Crippen LogP contribution in [0.4, 0.5) is 8.78 Å². The van der Waals surface area contributed by atoms with Crippen molar-refractivity contribution in [1.29, 1.82) is 0 Å². The summed E-state index contributed by atoms with van der Waals surface area (Å²) in [5.74, 6) is -2.14. The lowest BCUT2D eigenvalue weighted by Gasteiger charge is -2.07. The summed E-state index contributed by atoms with van der Waals surface area (Å²) in [6.45, 7) is 0. The summed E-state index contributed by atoms with van der Waals surface area (Å²) in [4.78, 5) is 13.7. The predicted molar refractivity (Wildman–Crippen MR) is 50.4 cm³/mol. The molecular formula is C8H6BrF2NO3. The number of nitrogens with zero attached hydrogens (tertiary/aromatic N) is 1. The molecule has 0 atom stereocenters. The first-order chi connectivity index (χ1) is 6.97. The average molecular weight is 282 g/mol. The van der Waals surface area contributed by atoms with Gasteiger partial charge in [-0.25, -0.2) is 18.6 Å². The van der Waals surface area contributed by atoms with Gasteiger partial charge in [0.2, 0.25) is 0 Å². The standard InChI is InChI=1S/C8H6BrF2NO3/c9-2-3-1-4(7(10)11)12-5(6(3)13)8(14)15/h1,7,13H,2H2,(H,14,15). The maximum absolute atomic E-state index is 12.3. The molecule has 15 heavy (non-hydrogen) atoms. The van der Waals surface area contributed by atoms with Crippen molar-refractivity contribution in [2.75, 3.05) is 0 Å². The van der Waals surface area contributed by atoms with E-state index >= 15 is 0 Å². The van der Waals surface area contributed by atoms with Crippen molar-refractivity contribution in [3.05, 3.63) is 23.0 Å². The van der Waals surface area contributed by atoms with E-state index in [1.54, 1.807) is 0 Å². The SMILES string of the molecule is O=C(O)c1nc(C(F)F)cc(CBr)c1O. The molecule has 0 aliphatic carbocycles. The van der Waals surface area contributed by atoms with Gasteiger partial charge in [-0.05, 0) is 6.07 Å². The van der Waals surface area contributed by atoms with Crippen molar-refractivity contribution in [1.82, 2.24) is 4.98 Å². The normalized spacial score (nSPS) is 10.7. The first kappa shape index (κ1) is 11.8. The molecule has 0 unspecified atom stereocenters. The number of aromatic nitrogens is 1. The van der Waals surface area contributed by atoms with Gasteiger partial charge in [-0.15, -0.1) is 0 Å². The Kier molecular flexibility index (Phi) is 3.57. The fourth-order valence-electron chi connectivity index (χ4n) is 0.976. The highest BCUT2D eigenvalue weighted by atomic mass is 79.9. The summed E-state index contributed by atoms with van der Waals surface area (Å²) in [6.07, 6.45) is -2.87. The zero-order valence-electron chi connectivity index (χ0n) is 7.25. The van der Waals surface area contributed by atoms with Gasteiger partial charge in [0.15, 0.2) is 11.4 Å². The third-order valence-corrected chi connectivity index (χ3v) is 2.27. The van der Waals surface area contributed by atoms with E-state index in [0.717, 1.165) is 6.07 Å². The molecule has 0 aliphatic rings. The molecule has 0 radical (unpaired) electrons. The van der Waals surface area contributed by atoms with Crippen LogP contribution >= 0.6 is 15.9 Å². The second-order valence-electron chi connectivity index (χ2n) is 2.64. The molecule has 1 rings (SSSR count). The fourth-order valence-corrected chi connectivity index (χ4v) is 1.40. The lowest BCUT2D eigenvalue weighted by atomic mass is 10.2. The molecule has 7 heteroatoms. The van der Waals surface area contributed by atoms with Gasteiger partial charge in [0.25, 0.3) is 6.43 Å². The number of carbonyl (C=O) groups is 1. The Balaban J connectivity index is 3.38. The summed E-state index contributed by atoms with van der Waals surface area (Å²) in [6, 6.07) is 0.960. The van der Waals surface area contributed by atoms with Crippen molar-refractivity contribution in [2.24, 2.45) is 0 Å². The van der Waals surface area contributed by atoms with Gasteiger partial charge in [0.05, 0.1) is 0 Å². The summed E-state index contributed by atoms with van der Waals surface area (Å²) in [7, 11) is 0. The van der Waals surface area contributed by atoms with Gasteiger partial charge >= 0.3 is 5.97 Å². The maximum Gasteiger partial charge on any atom is 0.358 e. The third-order valence-electron chi connectivity index (χ3n) is 1.66. The second kappa shape index (κ2) is 4.52. The summed E-state index contributed by atoms with van der Waals surface area (Å²) < 4.78 is 24.6. The van der Waals surface area contributed by atoms with Crippen molar-refractivity contribution in [3.63, 3.8) is 0 Å². The Labute approximate surface area is 91.7 Å². The molecular weight excluding hydrogens is 276 g/mol. The highest BCUT2D eigenvalue weighted by Gasteiger charge is 2.20. The molecule has 0 aromatic carbocycles. The molecule has 0 spiro atoms. The van der Waals surface area contributed by atoms with E-state index in [0.29, 0.717) is 0 Å². The molecule has 1 aromatic rings. The van der Waals surface area contributed by atoms with E-state index < -0.39 is 29.5 Å². The number of aromatic hydroxyl groups is 1. The summed E-state index contributed by atoms with van der Waals surface area (Å²) >= 11 is 2.95. The first-order valence-electron chi connectivity index (χ1n) is 3.77. The van der Waals surface area contributed by atoms with Gasteiger partial charge in [0.1, 0.15) is 5.69 Å². The molecule has 2 N–H and O–H groups in total. The zero-order valence-corrected chi connectivity index (χ0v) is 8.83. The van der Waals surface area contributed by atoms with E-state index in [1.807, 2.05) is 0 Å². The van der Waals surface area contributed by atoms with Gasteiger partial charge in [-0.3, -0.25) is 0 Å². The van der Waals surface area contributed by atoms with Crippen LogP contribution < -0.4 is 0 Å². The zero-order chi connectivity index (χ0) is 11.6. The predicted octanol–water partition coefficient (Wildman–Crippen LogP) is 2.32. The lowest BCUT2D eigenvalue weighted by molar-refractivity contribution is 0.0685. The minimum absolute atomic E-state index is 0.0673. The monoisotopic (exact) mass is 281 g/mol. The number of rotatable bonds is 3. The maximum atomic E-state index is 12.3. The Hall–Kier alpha value is -1.24. The van der Waals surface area contributed by atoms with Crippen molar-refractivity contribution in [3.8, 4) is 5.75 Å². The molecule has 1 aromatic heterocycles. The number of carboxylic acids is 1. The molecule has 0 saturated carbocycles. The second-order valence-corrected chi connectivity index (χ2v) is 3.20. The summed E-state index contributed by atoms with van der Waals surface area (Å²) in [5.41, 5.74) is -1.36. The molecule has 0 saturated heterocycles. The van der Waals surface area contributed by atoms with Crippen LogP contribution in [0.25, 0.3) is 0 Å². The third kappa shape index (κ3) is 2.41. The Morgan fingerprint density at radius 2 is 2.20 bits per heavy atom. The van der Waals surface area contributed by atoms with Crippen LogP contribution in [0.5, 0.6) is 5.75 Å². The molecule has 0 fully saturated rings. The van der Waals surface area contributed by atoms with Gasteiger partial charge < -0.3 is 10.2 Å². The topological polar surface area (TPSA) is 70.4 Å². The van der Waals surface area contributed by atoms with E-state index in [1.165, 1.54) is 0 Å². The highest BCUT2D eigenvalue weighted by molar-refractivity contribution is 9.08. The quantitative estimate of drug-likeness (QED) is 0.835. The number of pyridine rings is 1. The number of aromatic carboxylic acids is 1. The van der Waals surface area contributed by atoms with Gasteiger partial charge in [0, 0.05) is 10.9 Å². The number of carboxylic acid groups (broad SMARTS) is 1. The van der Waals surface area contributed by atoms with Crippen LogP contribution in [0.3, 0.4) is 0 Å². The number of alkyl halides is 3. The fraction of sp³-hybridized carbons (Fsp3) is 0.250. The average Bonchev–Trinajstić information content (AvgIpc) is 2.17. The van der Waals surface area contributed by atoms with Crippen LogP contribution in [-0.2, 0) is 5.33 Å². The first-order valence-corrected chi connectivity index (χ1v) is 4.89. The number of hydrogen-bond acceptors (Lipinski definition) is 3. The van der Waals surface area contributed by atoms with Crippen LogP contribution in [0.15, 0.2) is 6.07 Å². The number of hydrogen-bond donors (Lipinski definition) is 2. The molecule has 0 aliphatic heterocycles. The Morgan fingerprint density at radius 3 is 2.60 bits per heavy atom. The van der Waals surface area contributed by atoms with E-state index in [2.05, 4.69) is 20.9 Å². The molecule has 82 valence electrons. The molecule has 0 bridgehead atoms. The minimum atomic E-state index is -2.87. The van der Waals surface area contributed by atoms with Crippen molar-refractivity contribution < 1.29 is 23.8 Å². The smallest absolute Gasteiger partial charge is 0.358 e. The van der Waals surface area contributed by atoms with E-state index in [-0.39, 0.29) is 10.9 Å². The van der Waals surface area contributed by atoms with Crippen molar-refractivity contribution >= 4 is 21.9 Å². The van der Waals surface area contributed by atoms with Crippen molar-refractivity contribution in [2.45, 2.75) is 11.8 Å². The molecule has 4 nitrogen and oxygen atoms in total. The van der Waals surface area contributed by atoms with Gasteiger partial charge in [-0.2, -0.15) is 0 Å². The van der Waals surface area contributed by atoms with Gasteiger partial charge in [-0.1, -0.05) is 15.9 Å². The van der Waals surface area contributed by atoms with Crippen LogP contribution in [-0.4, -0.2) is 21.2 Å². The Bertz CT molecular complexity index is 398. The van der Waals surface area contributed by atoms with Crippen LogP contribution in [0, 0.1) is 0 Å².